The van der Waals surface area contributed by atoms with E-state index >= 15 is 0 Å². The summed E-state index contributed by atoms with van der Waals surface area (Å²) >= 11 is 0. The molecule has 2 atom stereocenters. The molecule has 0 radical (unpaired) electrons. The van der Waals surface area contributed by atoms with Crippen LogP contribution in [0.3, 0.4) is 0 Å². The number of ketones is 1. The number of ether oxygens (including phenoxy) is 1. The van der Waals surface area contributed by atoms with E-state index in [4.69, 9.17) is 4.74 Å². The van der Waals surface area contributed by atoms with E-state index in [1.165, 1.54) is 0 Å². The fourth-order valence-electron chi connectivity index (χ4n) is 3.48. The Morgan fingerprint density at radius 2 is 1.74 bits per heavy atom. The molecule has 146 valence electrons. The molecule has 0 spiro atoms. The van der Waals surface area contributed by atoms with E-state index in [-0.39, 0.29) is 17.6 Å². The maximum Gasteiger partial charge on any atom is 0.170 e. The largest absolute Gasteiger partial charge is 0.380 e. The molecule has 0 aliphatic carbocycles. The van der Waals surface area contributed by atoms with Gasteiger partial charge in [-0.3, -0.25) is 4.79 Å². The lowest BCUT2D eigenvalue weighted by Gasteiger charge is -2.24. The zero-order valence-corrected chi connectivity index (χ0v) is 17.2. The number of aryl methyl sites for hydroxylation is 1. The summed E-state index contributed by atoms with van der Waals surface area (Å²) in [5.41, 5.74) is 2.94. The molecule has 0 heterocycles. The highest BCUT2D eigenvalue weighted by atomic mass is 16.5. The summed E-state index contributed by atoms with van der Waals surface area (Å²) in [5, 5.41) is 0. The van der Waals surface area contributed by atoms with Crippen molar-refractivity contribution in [3.63, 3.8) is 0 Å². The van der Waals surface area contributed by atoms with Gasteiger partial charge in [0, 0.05) is 12.1 Å². The molecule has 2 unspecified atom stereocenters. The second kappa shape index (κ2) is 11.0. The SMILES string of the molecule is CCN(CC)CCOCC(C)C(C(=O)c1cccc(C)c1)c1ccccc1. The van der Waals surface area contributed by atoms with Crippen LogP contribution in [0.5, 0.6) is 0 Å². The van der Waals surface area contributed by atoms with E-state index in [1.807, 2.05) is 61.5 Å². The highest BCUT2D eigenvalue weighted by Gasteiger charge is 2.28. The minimum absolute atomic E-state index is 0.108. The van der Waals surface area contributed by atoms with Crippen LogP contribution in [0, 0.1) is 12.8 Å². The van der Waals surface area contributed by atoms with Crippen molar-refractivity contribution < 1.29 is 9.53 Å². The molecule has 3 nitrogen and oxygen atoms in total. The Morgan fingerprint density at radius 3 is 2.37 bits per heavy atom. The zero-order chi connectivity index (χ0) is 19.6. The number of hydrogen-bond acceptors (Lipinski definition) is 3. The van der Waals surface area contributed by atoms with Crippen LogP contribution in [0.15, 0.2) is 54.6 Å². The van der Waals surface area contributed by atoms with Crippen molar-refractivity contribution in [2.24, 2.45) is 5.92 Å². The number of nitrogens with zero attached hydrogens (tertiary/aromatic N) is 1. The van der Waals surface area contributed by atoms with Crippen molar-refractivity contribution in [3.8, 4) is 0 Å². The fourth-order valence-corrected chi connectivity index (χ4v) is 3.48. The van der Waals surface area contributed by atoms with Gasteiger partial charge < -0.3 is 9.64 Å². The molecule has 0 saturated carbocycles. The number of likely N-dealkylation sites (N-methyl/N-ethyl adjacent to an activating group) is 1. The van der Waals surface area contributed by atoms with Crippen LogP contribution in [-0.4, -0.2) is 43.5 Å². The summed E-state index contributed by atoms with van der Waals surface area (Å²) in [6.45, 7) is 12.8. The smallest absolute Gasteiger partial charge is 0.170 e. The average molecular weight is 368 g/mol. The molecule has 0 fully saturated rings. The quantitative estimate of drug-likeness (QED) is 0.415. The van der Waals surface area contributed by atoms with Crippen LogP contribution in [0.1, 0.15) is 48.2 Å². The molecule has 0 bridgehead atoms. The standard InChI is InChI=1S/C24H33NO2/c1-5-25(6-2)15-16-27-18-20(4)23(21-12-8-7-9-13-21)24(26)22-14-10-11-19(3)17-22/h7-14,17,20,23H,5-6,15-16,18H2,1-4H3. The predicted octanol–water partition coefficient (Wildman–Crippen LogP) is 4.96. The van der Waals surface area contributed by atoms with Crippen molar-refractivity contribution in [1.82, 2.24) is 4.90 Å². The Hall–Kier alpha value is -1.97. The number of benzene rings is 2. The Kier molecular flexibility index (Phi) is 8.70. The summed E-state index contributed by atoms with van der Waals surface area (Å²) in [7, 11) is 0. The lowest BCUT2D eigenvalue weighted by molar-refractivity contribution is 0.0683. The molecule has 2 aromatic rings. The minimum atomic E-state index is -0.193. The third kappa shape index (κ3) is 6.30. The van der Waals surface area contributed by atoms with Gasteiger partial charge in [-0.25, -0.2) is 0 Å². The van der Waals surface area contributed by atoms with E-state index in [2.05, 4.69) is 25.7 Å². The lowest BCUT2D eigenvalue weighted by Crippen LogP contribution is -2.29. The third-order valence-electron chi connectivity index (χ3n) is 5.14. The van der Waals surface area contributed by atoms with Crippen LogP contribution in [0.2, 0.25) is 0 Å². The first-order chi connectivity index (χ1) is 13.1. The van der Waals surface area contributed by atoms with Crippen molar-refractivity contribution in [1.29, 1.82) is 0 Å². The third-order valence-corrected chi connectivity index (χ3v) is 5.14. The van der Waals surface area contributed by atoms with Crippen LogP contribution in [-0.2, 0) is 4.74 Å². The van der Waals surface area contributed by atoms with E-state index in [9.17, 15) is 4.79 Å². The average Bonchev–Trinajstić information content (AvgIpc) is 2.69. The highest BCUT2D eigenvalue weighted by Crippen LogP contribution is 2.29. The maximum absolute atomic E-state index is 13.3. The van der Waals surface area contributed by atoms with Gasteiger partial charge in [0.1, 0.15) is 0 Å². The van der Waals surface area contributed by atoms with Crippen molar-refractivity contribution in [3.05, 3.63) is 71.3 Å². The molecule has 0 aliphatic heterocycles. The number of hydrogen-bond donors (Lipinski definition) is 0. The predicted molar refractivity (Wildman–Crippen MR) is 112 cm³/mol. The summed E-state index contributed by atoms with van der Waals surface area (Å²) in [5.74, 6) is 0.0864. The summed E-state index contributed by atoms with van der Waals surface area (Å²) in [4.78, 5) is 15.7. The van der Waals surface area contributed by atoms with Crippen molar-refractivity contribution >= 4 is 5.78 Å². The van der Waals surface area contributed by atoms with Crippen molar-refractivity contribution in [2.45, 2.75) is 33.6 Å². The van der Waals surface area contributed by atoms with E-state index in [0.717, 1.165) is 36.3 Å². The van der Waals surface area contributed by atoms with E-state index in [0.29, 0.717) is 13.2 Å². The first kappa shape index (κ1) is 21.3. The first-order valence-corrected chi connectivity index (χ1v) is 10.0. The molecular weight excluding hydrogens is 334 g/mol. The lowest BCUT2D eigenvalue weighted by atomic mass is 9.81. The number of rotatable bonds is 11. The van der Waals surface area contributed by atoms with Gasteiger partial charge in [0.2, 0.25) is 0 Å². The molecule has 0 N–H and O–H groups in total. The summed E-state index contributed by atoms with van der Waals surface area (Å²) in [6.07, 6.45) is 0. The van der Waals surface area contributed by atoms with Crippen LogP contribution in [0.4, 0.5) is 0 Å². The molecule has 2 aromatic carbocycles. The maximum atomic E-state index is 13.3. The second-order valence-corrected chi connectivity index (χ2v) is 7.20. The van der Waals surface area contributed by atoms with Gasteiger partial charge >= 0.3 is 0 Å². The Labute approximate surface area is 164 Å². The molecule has 0 amide bonds. The number of Topliss-reactive ketones (excluding diaryl/α,β-unsaturated/α-hetero) is 1. The van der Waals surface area contributed by atoms with Gasteiger partial charge in [0.05, 0.1) is 19.1 Å². The van der Waals surface area contributed by atoms with Crippen molar-refractivity contribution in [2.75, 3.05) is 32.8 Å². The van der Waals surface area contributed by atoms with Crippen LogP contribution in [0.25, 0.3) is 0 Å². The minimum Gasteiger partial charge on any atom is -0.380 e. The molecule has 0 aliphatic rings. The molecule has 0 saturated heterocycles. The van der Waals surface area contributed by atoms with Crippen LogP contribution >= 0.6 is 0 Å². The first-order valence-electron chi connectivity index (χ1n) is 10.0. The van der Waals surface area contributed by atoms with Gasteiger partial charge in [0.15, 0.2) is 5.78 Å². The molecule has 27 heavy (non-hydrogen) atoms. The van der Waals surface area contributed by atoms with Crippen LogP contribution < -0.4 is 0 Å². The van der Waals surface area contributed by atoms with Gasteiger partial charge in [-0.05, 0) is 37.6 Å². The van der Waals surface area contributed by atoms with Gasteiger partial charge in [-0.1, -0.05) is 74.9 Å². The van der Waals surface area contributed by atoms with Gasteiger partial charge in [-0.2, -0.15) is 0 Å². The highest BCUT2D eigenvalue weighted by molar-refractivity contribution is 6.01. The Bertz CT molecular complexity index is 695. The Morgan fingerprint density at radius 1 is 1.04 bits per heavy atom. The zero-order valence-electron chi connectivity index (χ0n) is 17.2. The monoisotopic (exact) mass is 367 g/mol. The van der Waals surface area contributed by atoms with E-state index in [1.54, 1.807) is 0 Å². The number of carbonyl (C=O) groups excluding carboxylic acids is 1. The second-order valence-electron chi connectivity index (χ2n) is 7.20. The van der Waals surface area contributed by atoms with Gasteiger partial charge in [-0.15, -0.1) is 0 Å². The molecule has 2 rings (SSSR count). The summed E-state index contributed by atoms with van der Waals surface area (Å²) in [6, 6.07) is 18.0. The van der Waals surface area contributed by atoms with Gasteiger partial charge in [0.25, 0.3) is 0 Å². The Balaban J connectivity index is 2.10. The number of carbonyl (C=O) groups is 1. The summed E-state index contributed by atoms with van der Waals surface area (Å²) < 4.78 is 5.95. The normalized spacial score (nSPS) is 13.5. The fraction of sp³-hybridized carbons (Fsp3) is 0.458. The topological polar surface area (TPSA) is 29.5 Å². The molecule has 3 heteroatoms. The molecular formula is C24H33NO2. The molecule has 0 aromatic heterocycles. The van der Waals surface area contributed by atoms with E-state index < -0.39 is 0 Å².